The highest BCUT2D eigenvalue weighted by Gasteiger charge is 2.14. The first-order chi connectivity index (χ1) is 11.3. The average molecular weight is 319 g/mol. The first kappa shape index (κ1) is 15.4. The fourth-order valence-corrected chi connectivity index (χ4v) is 3.00. The van der Waals surface area contributed by atoms with Crippen LogP contribution in [0.4, 0.5) is 0 Å². The molecule has 0 fully saturated rings. The van der Waals surface area contributed by atoms with Crippen molar-refractivity contribution in [3.05, 3.63) is 71.5 Å². The van der Waals surface area contributed by atoms with Gasteiger partial charge in [-0.3, -0.25) is 4.57 Å². The predicted molar refractivity (Wildman–Crippen MR) is 94.9 cm³/mol. The molecule has 0 spiro atoms. The SMILES string of the molecule is C#CCSc1nnc(Cc2ccccc2)n1-c1ccc(C)cc1. The van der Waals surface area contributed by atoms with Crippen molar-refractivity contribution in [1.29, 1.82) is 0 Å². The van der Waals surface area contributed by atoms with E-state index in [-0.39, 0.29) is 0 Å². The van der Waals surface area contributed by atoms with Crippen LogP contribution in [0, 0.1) is 19.3 Å². The molecule has 0 radical (unpaired) electrons. The monoisotopic (exact) mass is 319 g/mol. The van der Waals surface area contributed by atoms with E-state index in [9.17, 15) is 0 Å². The van der Waals surface area contributed by atoms with E-state index in [2.05, 4.69) is 64.0 Å². The Labute approximate surface area is 140 Å². The van der Waals surface area contributed by atoms with Gasteiger partial charge in [0.05, 0.1) is 5.75 Å². The summed E-state index contributed by atoms with van der Waals surface area (Å²) >= 11 is 1.53. The highest BCUT2D eigenvalue weighted by molar-refractivity contribution is 7.99. The lowest BCUT2D eigenvalue weighted by Crippen LogP contribution is -2.04. The van der Waals surface area contributed by atoms with Gasteiger partial charge in [-0.15, -0.1) is 16.6 Å². The van der Waals surface area contributed by atoms with Gasteiger partial charge in [0.1, 0.15) is 5.82 Å². The Bertz CT molecular complexity index is 814. The van der Waals surface area contributed by atoms with Crippen molar-refractivity contribution >= 4 is 11.8 Å². The highest BCUT2D eigenvalue weighted by Crippen LogP contribution is 2.23. The van der Waals surface area contributed by atoms with Crippen molar-refractivity contribution in [2.24, 2.45) is 0 Å². The fourth-order valence-electron chi connectivity index (χ4n) is 2.35. The van der Waals surface area contributed by atoms with Crippen LogP contribution in [0.1, 0.15) is 17.0 Å². The van der Waals surface area contributed by atoms with Crippen LogP contribution in [0.5, 0.6) is 0 Å². The van der Waals surface area contributed by atoms with Crippen molar-refractivity contribution in [2.75, 3.05) is 5.75 Å². The summed E-state index contributed by atoms with van der Waals surface area (Å²) in [6.45, 7) is 2.08. The molecule has 0 saturated heterocycles. The minimum atomic E-state index is 0.579. The maximum atomic E-state index is 5.39. The van der Waals surface area contributed by atoms with E-state index < -0.39 is 0 Å². The van der Waals surface area contributed by atoms with Gasteiger partial charge in [-0.25, -0.2) is 0 Å². The van der Waals surface area contributed by atoms with E-state index in [1.54, 1.807) is 0 Å². The van der Waals surface area contributed by atoms with Gasteiger partial charge in [0.25, 0.3) is 0 Å². The largest absolute Gasteiger partial charge is 0.274 e. The zero-order chi connectivity index (χ0) is 16.1. The molecule has 0 atom stereocenters. The van der Waals surface area contributed by atoms with Gasteiger partial charge in [0.2, 0.25) is 0 Å². The minimum absolute atomic E-state index is 0.579. The smallest absolute Gasteiger partial charge is 0.196 e. The van der Waals surface area contributed by atoms with Gasteiger partial charge in [-0.05, 0) is 24.6 Å². The molecule has 2 aromatic carbocycles. The van der Waals surface area contributed by atoms with Crippen LogP contribution in [0.25, 0.3) is 5.69 Å². The van der Waals surface area contributed by atoms with E-state index in [1.165, 1.54) is 22.9 Å². The Hall–Kier alpha value is -2.51. The highest BCUT2D eigenvalue weighted by atomic mass is 32.2. The van der Waals surface area contributed by atoms with E-state index in [1.807, 2.05) is 18.2 Å². The zero-order valence-electron chi connectivity index (χ0n) is 12.9. The first-order valence-electron chi connectivity index (χ1n) is 7.39. The lowest BCUT2D eigenvalue weighted by molar-refractivity contribution is 0.848. The molecule has 4 heteroatoms. The van der Waals surface area contributed by atoms with E-state index in [4.69, 9.17) is 6.42 Å². The summed E-state index contributed by atoms with van der Waals surface area (Å²) in [4.78, 5) is 0. The van der Waals surface area contributed by atoms with Crippen LogP contribution < -0.4 is 0 Å². The van der Waals surface area contributed by atoms with Crippen LogP contribution in [0.2, 0.25) is 0 Å². The first-order valence-corrected chi connectivity index (χ1v) is 8.38. The molecule has 0 aliphatic rings. The predicted octanol–water partition coefficient (Wildman–Crippen LogP) is 3.89. The lowest BCUT2D eigenvalue weighted by atomic mass is 10.1. The van der Waals surface area contributed by atoms with E-state index in [0.29, 0.717) is 5.75 Å². The third-order valence-electron chi connectivity index (χ3n) is 3.48. The van der Waals surface area contributed by atoms with Crippen LogP contribution in [0.3, 0.4) is 0 Å². The van der Waals surface area contributed by atoms with Gasteiger partial charge in [-0.2, -0.15) is 0 Å². The van der Waals surface area contributed by atoms with E-state index in [0.717, 1.165) is 23.1 Å². The molecule has 1 heterocycles. The molecule has 0 saturated carbocycles. The Morgan fingerprint density at radius 2 is 1.78 bits per heavy atom. The number of terminal acetylenes is 1. The number of hydrogen-bond acceptors (Lipinski definition) is 3. The number of benzene rings is 2. The Balaban J connectivity index is 2.00. The second kappa shape index (κ2) is 7.17. The number of nitrogens with zero attached hydrogens (tertiary/aromatic N) is 3. The third kappa shape index (κ3) is 3.64. The number of aryl methyl sites for hydroxylation is 1. The van der Waals surface area contributed by atoms with Crippen molar-refractivity contribution < 1.29 is 0 Å². The lowest BCUT2D eigenvalue weighted by Gasteiger charge is -2.10. The van der Waals surface area contributed by atoms with Gasteiger partial charge in [-0.1, -0.05) is 65.7 Å². The summed E-state index contributed by atoms with van der Waals surface area (Å²) in [6.07, 6.45) is 6.12. The van der Waals surface area contributed by atoms with Gasteiger partial charge < -0.3 is 0 Å². The van der Waals surface area contributed by atoms with Crippen molar-refractivity contribution in [2.45, 2.75) is 18.5 Å². The second-order valence-electron chi connectivity index (χ2n) is 5.22. The fraction of sp³-hybridized carbons (Fsp3) is 0.158. The summed E-state index contributed by atoms with van der Waals surface area (Å²) < 4.78 is 2.09. The number of thioether (sulfide) groups is 1. The average Bonchev–Trinajstić information content (AvgIpc) is 2.97. The zero-order valence-corrected chi connectivity index (χ0v) is 13.8. The molecule has 0 N–H and O–H groups in total. The summed E-state index contributed by atoms with van der Waals surface area (Å²) in [7, 11) is 0. The topological polar surface area (TPSA) is 30.7 Å². The third-order valence-corrected chi connectivity index (χ3v) is 4.32. The second-order valence-corrected chi connectivity index (χ2v) is 6.17. The Morgan fingerprint density at radius 3 is 2.48 bits per heavy atom. The van der Waals surface area contributed by atoms with Crippen molar-refractivity contribution in [1.82, 2.24) is 14.8 Å². The molecule has 0 aliphatic carbocycles. The molecule has 1 aromatic heterocycles. The maximum absolute atomic E-state index is 5.39. The normalized spacial score (nSPS) is 10.4. The Kier molecular flexibility index (Phi) is 4.80. The standard InChI is InChI=1S/C19H17N3S/c1-3-13-23-19-21-20-18(14-16-7-5-4-6-8-16)22(19)17-11-9-15(2)10-12-17/h1,4-12H,13-14H2,2H3. The number of aromatic nitrogens is 3. The summed E-state index contributed by atoms with van der Waals surface area (Å²) in [5.41, 5.74) is 3.50. The molecule has 0 bridgehead atoms. The molecule has 0 unspecified atom stereocenters. The molecule has 3 rings (SSSR count). The van der Waals surface area contributed by atoms with Gasteiger partial charge >= 0.3 is 0 Å². The minimum Gasteiger partial charge on any atom is -0.274 e. The van der Waals surface area contributed by atoms with Gasteiger partial charge in [0, 0.05) is 12.1 Å². The van der Waals surface area contributed by atoms with Crippen LogP contribution in [-0.2, 0) is 6.42 Å². The Morgan fingerprint density at radius 1 is 1.04 bits per heavy atom. The molecular formula is C19H17N3S. The molecule has 114 valence electrons. The number of hydrogen-bond donors (Lipinski definition) is 0. The van der Waals surface area contributed by atoms with Crippen LogP contribution >= 0.6 is 11.8 Å². The van der Waals surface area contributed by atoms with Crippen molar-refractivity contribution in [3.8, 4) is 18.0 Å². The molecule has 3 aromatic rings. The molecule has 3 nitrogen and oxygen atoms in total. The molecular weight excluding hydrogens is 302 g/mol. The molecule has 0 amide bonds. The summed E-state index contributed by atoms with van der Waals surface area (Å²) in [5.74, 6) is 4.14. The summed E-state index contributed by atoms with van der Waals surface area (Å²) in [5, 5.41) is 9.55. The van der Waals surface area contributed by atoms with Crippen LogP contribution in [0.15, 0.2) is 59.8 Å². The maximum Gasteiger partial charge on any atom is 0.196 e. The number of rotatable bonds is 5. The van der Waals surface area contributed by atoms with Crippen LogP contribution in [-0.4, -0.2) is 20.5 Å². The molecule has 0 aliphatic heterocycles. The van der Waals surface area contributed by atoms with Crippen molar-refractivity contribution in [3.63, 3.8) is 0 Å². The molecule has 23 heavy (non-hydrogen) atoms. The summed E-state index contributed by atoms with van der Waals surface area (Å²) in [6, 6.07) is 18.7. The van der Waals surface area contributed by atoms with E-state index >= 15 is 0 Å². The quantitative estimate of drug-likeness (QED) is 0.528. The van der Waals surface area contributed by atoms with Gasteiger partial charge in [0.15, 0.2) is 5.16 Å².